The summed E-state index contributed by atoms with van der Waals surface area (Å²) in [6.07, 6.45) is 1.46. The minimum Gasteiger partial charge on any atom is -0.484 e. The van der Waals surface area contributed by atoms with E-state index in [0.717, 1.165) is 12.8 Å². The molecule has 0 saturated carbocycles. The molecule has 0 aromatic heterocycles. The predicted molar refractivity (Wildman–Crippen MR) is 85.4 cm³/mol. The lowest BCUT2D eigenvalue weighted by Crippen LogP contribution is -2.47. The fraction of sp³-hybridized carbons (Fsp3) is 0.467. The molecular weight excluding hydrogens is 327 g/mol. The van der Waals surface area contributed by atoms with Crippen LogP contribution in [0.1, 0.15) is 12.8 Å². The molecule has 1 aliphatic rings. The molecule has 0 unspecified atom stereocenters. The molecule has 2 rings (SSSR count). The van der Waals surface area contributed by atoms with Crippen LogP contribution in [-0.4, -0.2) is 48.3 Å². The average Bonchev–Trinajstić information content (AvgIpc) is 2.54. The Morgan fingerprint density at radius 3 is 2.45 bits per heavy atom. The standard InChI is InChI=1S/C15H18Cl2N2O3/c16-9-15(21)19-7-5-12(6-8-19)18-14(20)10-22-13-3-1-11(17)2-4-13/h1-4,12H,5-10H2,(H,18,20). The van der Waals surface area contributed by atoms with Gasteiger partial charge in [0.15, 0.2) is 6.61 Å². The molecule has 0 bridgehead atoms. The number of piperidine rings is 1. The van der Waals surface area contributed by atoms with Gasteiger partial charge in [-0.1, -0.05) is 11.6 Å². The molecule has 1 N–H and O–H groups in total. The maximum Gasteiger partial charge on any atom is 0.258 e. The van der Waals surface area contributed by atoms with E-state index in [0.29, 0.717) is 23.9 Å². The Labute approximate surface area is 139 Å². The number of carbonyl (C=O) groups excluding carboxylic acids is 2. The summed E-state index contributed by atoms with van der Waals surface area (Å²) in [6.45, 7) is 1.20. The second-order valence-electron chi connectivity index (χ2n) is 5.10. The van der Waals surface area contributed by atoms with Gasteiger partial charge in [0.2, 0.25) is 5.91 Å². The maximum atomic E-state index is 11.9. The van der Waals surface area contributed by atoms with Crippen molar-refractivity contribution >= 4 is 35.0 Å². The van der Waals surface area contributed by atoms with Gasteiger partial charge in [-0.25, -0.2) is 0 Å². The summed E-state index contributed by atoms with van der Waals surface area (Å²) in [5.41, 5.74) is 0. The van der Waals surface area contributed by atoms with Crippen LogP contribution in [0.3, 0.4) is 0 Å². The normalized spacial score (nSPS) is 15.5. The van der Waals surface area contributed by atoms with Gasteiger partial charge in [-0.3, -0.25) is 9.59 Å². The van der Waals surface area contributed by atoms with Gasteiger partial charge in [-0.15, -0.1) is 11.6 Å². The number of hydrogen-bond acceptors (Lipinski definition) is 3. The molecular formula is C15H18Cl2N2O3. The van der Waals surface area contributed by atoms with Crippen molar-refractivity contribution in [3.63, 3.8) is 0 Å². The number of alkyl halides is 1. The fourth-order valence-corrected chi connectivity index (χ4v) is 2.60. The van der Waals surface area contributed by atoms with Crippen molar-refractivity contribution in [2.45, 2.75) is 18.9 Å². The molecule has 1 heterocycles. The predicted octanol–water partition coefficient (Wildman–Crippen LogP) is 2.06. The molecule has 2 amide bonds. The molecule has 0 atom stereocenters. The monoisotopic (exact) mass is 344 g/mol. The highest BCUT2D eigenvalue weighted by Gasteiger charge is 2.23. The summed E-state index contributed by atoms with van der Waals surface area (Å²) >= 11 is 11.3. The number of hydrogen-bond donors (Lipinski definition) is 1. The number of nitrogens with one attached hydrogen (secondary N) is 1. The van der Waals surface area contributed by atoms with E-state index >= 15 is 0 Å². The first-order chi connectivity index (χ1) is 10.6. The van der Waals surface area contributed by atoms with Gasteiger partial charge < -0.3 is 15.0 Å². The van der Waals surface area contributed by atoms with Crippen LogP contribution in [0.2, 0.25) is 5.02 Å². The Hall–Kier alpha value is -1.46. The number of likely N-dealkylation sites (tertiary alicyclic amines) is 1. The Morgan fingerprint density at radius 1 is 1.23 bits per heavy atom. The zero-order valence-corrected chi connectivity index (χ0v) is 13.6. The Balaban J connectivity index is 1.69. The van der Waals surface area contributed by atoms with Gasteiger partial charge in [0.25, 0.3) is 5.91 Å². The number of halogens is 2. The van der Waals surface area contributed by atoms with Gasteiger partial charge >= 0.3 is 0 Å². The molecule has 1 aromatic carbocycles. The average molecular weight is 345 g/mol. The SMILES string of the molecule is O=C(COc1ccc(Cl)cc1)NC1CCN(C(=O)CCl)CC1. The minimum atomic E-state index is -0.169. The highest BCUT2D eigenvalue weighted by molar-refractivity contribution is 6.30. The van der Waals surface area contributed by atoms with Crippen molar-refractivity contribution in [2.75, 3.05) is 25.6 Å². The highest BCUT2D eigenvalue weighted by atomic mass is 35.5. The van der Waals surface area contributed by atoms with Crippen LogP contribution in [0.4, 0.5) is 0 Å². The zero-order valence-electron chi connectivity index (χ0n) is 12.1. The van der Waals surface area contributed by atoms with Gasteiger partial charge in [0.05, 0.1) is 0 Å². The number of benzene rings is 1. The van der Waals surface area contributed by atoms with Crippen molar-refractivity contribution < 1.29 is 14.3 Å². The fourth-order valence-electron chi connectivity index (χ4n) is 2.31. The Morgan fingerprint density at radius 2 is 1.86 bits per heavy atom. The largest absolute Gasteiger partial charge is 0.484 e. The van der Waals surface area contributed by atoms with Crippen molar-refractivity contribution in [1.29, 1.82) is 0 Å². The third-order valence-electron chi connectivity index (χ3n) is 3.51. The van der Waals surface area contributed by atoms with Crippen LogP contribution in [0.25, 0.3) is 0 Å². The number of ether oxygens (including phenoxy) is 1. The van der Waals surface area contributed by atoms with Crippen LogP contribution >= 0.6 is 23.2 Å². The van der Waals surface area contributed by atoms with E-state index in [1.165, 1.54) is 0 Å². The zero-order chi connectivity index (χ0) is 15.9. The number of amides is 2. The third-order valence-corrected chi connectivity index (χ3v) is 3.99. The summed E-state index contributed by atoms with van der Waals surface area (Å²) in [5, 5.41) is 3.54. The molecule has 1 saturated heterocycles. The van der Waals surface area contributed by atoms with E-state index in [1.807, 2.05) is 0 Å². The number of nitrogens with zero attached hydrogens (tertiary/aromatic N) is 1. The van der Waals surface area contributed by atoms with E-state index < -0.39 is 0 Å². The molecule has 1 fully saturated rings. The quantitative estimate of drug-likeness (QED) is 0.831. The summed E-state index contributed by atoms with van der Waals surface area (Å²) in [6, 6.07) is 6.91. The maximum absolute atomic E-state index is 11.9. The highest BCUT2D eigenvalue weighted by Crippen LogP contribution is 2.15. The number of carbonyl (C=O) groups is 2. The van der Waals surface area contributed by atoms with Crippen LogP contribution in [0.15, 0.2) is 24.3 Å². The summed E-state index contributed by atoms with van der Waals surface area (Å²) in [4.78, 5) is 25.0. The van der Waals surface area contributed by atoms with E-state index in [4.69, 9.17) is 27.9 Å². The van der Waals surface area contributed by atoms with E-state index in [2.05, 4.69) is 5.32 Å². The van der Waals surface area contributed by atoms with Gasteiger partial charge in [-0.05, 0) is 37.1 Å². The van der Waals surface area contributed by atoms with Crippen molar-refractivity contribution in [1.82, 2.24) is 10.2 Å². The molecule has 0 spiro atoms. The molecule has 5 nitrogen and oxygen atoms in total. The lowest BCUT2D eigenvalue weighted by atomic mass is 10.1. The smallest absolute Gasteiger partial charge is 0.258 e. The van der Waals surface area contributed by atoms with Crippen LogP contribution in [0.5, 0.6) is 5.75 Å². The second-order valence-corrected chi connectivity index (χ2v) is 5.80. The van der Waals surface area contributed by atoms with Crippen molar-refractivity contribution in [2.24, 2.45) is 0 Å². The Bertz CT molecular complexity index is 514. The number of rotatable bonds is 5. The lowest BCUT2D eigenvalue weighted by Gasteiger charge is -2.32. The summed E-state index contributed by atoms with van der Waals surface area (Å²) < 4.78 is 5.39. The molecule has 0 radical (unpaired) electrons. The topological polar surface area (TPSA) is 58.6 Å². The van der Waals surface area contributed by atoms with Crippen LogP contribution in [-0.2, 0) is 9.59 Å². The van der Waals surface area contributed by atoms with Crippen molar-refractivity contribution in [3.8, 4) is 5.75 Å². The summed E-state index contributed by atoms with van der Waals surface area (Å²) in [5.74, 6) is 0.378. The lowest BCUT2D eigenvalue weighted by molar-refractivity contribution is -0.129. The van der Waals surface area contributed by atoms with Crippen LogP contribution in [0, 0.1) is 0 Å². The molecule has 1 aromatic rings. The molecule has 1 aliphatic heterocycles. The molecule has 0 aliphatic carbocycles. The molecule has 120 valence electrons. The first kappa shape index (κ1) is 16.9. The van der Waals surface area contributed by atoms with Crippen LogP contribution < -0.4 is 10.1 Å². The third kappa shape index (κ3) is 5.07. The molecule has 22 heavy (non-hydrogen) atoms. The van der Waals surface area contributed by atoms with Crippen molar-refractivity contribution in [3.05, 3.63) is 29.3 Å². The first-order valence-corrected chi connectivity index (χ1v) is 8.01. The van der Waals surface area contributed by atoms with Gasteiger partial charge in [-0.2, -0.15) is 0 Å². The first-order valence-electron chi connectivity index (χ1n) is 7.10. The van der Waals surface area contributed by atoms with E-state index in [-0.39, 0.29) is 30.3 Å². The summed E-state index contributed by atoms with van der Waals surface area (Å²) in [7, 11) is 0. The second kappa shape index (κ2) is 8.25. The molecule has 7 heteroatoms. The van der Waals surface area contributed by atoms with Gasteiger partial charge in [0.1, 0.15) is 11.6 Å². The minimum absolute atomic E-state index is 0.00591. The van der Waals surface area contributed by atoms with Gasteiger partial charge in [0, 0.05) is 24.2 Å². The van der Waals surface area contributed by atoms with E-state index in [9.17, 15) is 9.59 Å². The Kier molecular flexibility index (Phi) is 6.34. The van der Waals surface area contributed by atoms with E-state index in [1.54, 1.807) is 29.2 Å².